The Balaban J connectivity index is 2.44. The van der Waals surface area contributed by atoms with Crippen molar-refractivity contribution in [3.05, 3.63) is 23.8 Å². The Labute approximate surface area is 112 Å². The molecule has 1 fully saturated rings. The Kier molecular flexibility index (Phi) is 2.89. The van der Waals surface area contributed by atoms with Crippen LogP contribution < -0.4 is 10.6 Å². The van der Waals surface area contributed by atoms with E-state index in [4.69, 9.17) is 12.2 Å². The quantitative estimate of drug-likeness (QED) is 0.585. The molecule has 1 aliphatic rings. The normalized spacial score (nSPS) is 26.3. The molecule has 0 aromatic heterocycles. The average Bonchev–Trinajstić information content (AvgIpc) is 2.11. The van der Waals surface area contributed by atoms with Gasteiger partial charge in [0.2, 0.25) is 0 Å². The van der Waals surface area contributed by atoms with Gasteiger partial charge in [-0.05, 0) is 51.5 Å². The molecule has 98 valence electrons. The zero-order chi connectivity index (χ0) is 13.6. The third-order valence-electron chi connectivity index (χ3n) is 3.21. The number of hydrogen-bond acceptors (Lipinski definition) is 3. The monoisotopic (exact) mass is 266 g/mol. The molecular weight excluding hydrogens is 248 g/mol. The van der Waals surface area contributed by atoms with Gasteiger partial charge in [-0.1, -0.05) is 0 Å². The maximum Gasteiger partial charge on any atom is 0.167 e. The number of phenols is 2. The first-order valence-electron chi connectivity index (χ1n) is 5.85. The van der Waals surface area contributed by atoms with Gasteiger partial charge in [0.15, 0.2) is 5.11 Å². The average molecular weight is 266 g/mol. The van der Waals surface area contributed by atoms with Crippen LogP contribution in [0.4, 0.5) is 0 Å². The number of phenolic OH excluding ortho intramolecular Hbond substituents is 2. The maximum absolute atomic E-state index is 10.0. The molecule has 0 amide bonds. The number of thiocarbonyl (C=S) groups is 1. The Bertz CT molecular complexity index is 502. The molecule has 0 saturated carbocycles. The van der Waals surface area contributed by atoms with E-state index in [1.165, 1.54) is 6.07 Å². The van der Waals surface area contributed by atoms with Gasteiger partial charge in [-0.2, -0.15) is 0 Å². The summed E-state index contributed by atoms with van der Waals surface area (Å²) in [4.78, 5) is 0. The van der Waals surface area contributed by atoms with Crippen LogP contribution in [0.25, 0.3) is 0 Å². The van der Waals surface area contributed by atoms with E-state index in [2.05, 4.69) is 24.5 Å². The lowest BCUT2D eigenvalue weighted by Gasteiger charge is -2.45. The summed E-state index contributed by atoms with van der Waals surface area (Å²) in [6.07, 6.45) is 0.762. The number of aromatic hydroxyl groups is 2. The summed E-state index contributed by atoms with van der Waals surface area (Å²) < 4.78 is 0. The highest BCUT2D eigenvalue weighted by Crippen LogP contribution is 2.38. The smallest absolute Gasteiger partial charge is 0.167 e. The first-order valence-corrected chi connectivity index (χ1v) is 6.25. The summed E-state index contributed by atoms with van der Waals surface area (Å²) in [7, 11) is 0. The molecule has 1 aromatic carbocycles. The van der Waals surface area contributed by atoms with Crippen LogP contribution in [-0.4, -0.2) is 20.9 Å². The van der Waals surface area contributed by atoms with Crippen LogP contribution in [-0.2, 0) is 5.54 Å². The second-order valence-electron chi connectivity index (χ2n) is 5.67. The van der Waals surface area contributed by atoms with Crippen molar-refractivity contribution in [3.8, 4) is 11.5 Å². The third kappa shape index (κ3) is 2.36. The minimum atomic E-state index is -0.455. The van der Waals surface area contributed by atoms with E-state index in [1.54, 1.807) is 12.1 Å². The van der Waals surface area contributed by atoms with E-state index in [0.29, 0.717) is 5.11 Å². The Hall–Kier alpha value is -1.49. The molecule has 5 heteroatoms. The van der Waals surface area contributed by atoms with Crippen molar-refractivity contribution in [1.29, 1.82) is 0 Å². The first-order chi connectivity index (χ1) is 8.22. The molecular formula is C13H18N2O2S. The zero-order valence-electron chi connectivity index (χ0n) is 10.7. The van der Waals surface area contributed by atoms with E-state index in [9.17, 15) is 10.2 Å². The molecule has 1 heterocycles. The predicted molar refractivity (Wildman–Crippen MR) is 74.7 cm³/mol. The highest BCUT2D eigenvalue weighted by atomic mass is 32.1. The molecule has 1 aliphatic heterocycles. The molecule has 0 unspecified atom stereocenters. The fraction of sp³-hybridized carbons (Fsp3) is 0.462. The van der Waals surface area contributed by atoms with E-state index >= 15 is 0 Å². The predicted octanol–water partition coefficient (Wildman–Crippen LogP) is 1.96. The minimum absolute atomic E-state index is 0.0515. The van der Waals surface area contributed by atoms with Gasteiger partial charge in [0.1, 0.15) is 11.5 Å². The molecule has 2 rings (SSSR count). The van der Waals surface area contributed by atoms with Crippen LogP contribution in [0.15, 0.2) is 18.2 Å². The lowest BCUT2D eigenvalue weighted by atomic mass is 9.78. The van der Waals surface area contributed by atoms with Crippen LogP contribution in [0.1, 0.15) is 32.8 Å². The molecule has 0 aliphatic carbocycles. The van der Waals surface area contributed by atoms with E-state index in [1.807, 2.05) is 6.92 Å². The van der Waals surface area contributed by atoms with Gasteiger partial charge in [-0.25, -0.2) is 0 Å². The van der Waals surface area contributed by atoms with Gasteiger partial charge >= 0.3 is 0 Å². The topological polar surface area (TPSA) is 64.5 Å². The van der Waals surface area contributed by atoms with Gasteiger partial charge in [0.05, 0.1) is 5.54 Å². The van der Waals surface area contributed by atoms with Gasteiger partial charge in [-0.3, -0.25) is 0 Å². The van der Waals surface area contributed by atoms with E-state index in [0.717, 1.165) is 12.0 Å². The van der Waals surface area contributed by atoms with Gasteiger partial charge in [0, 0.05) is 17.2 Å². The largest absolute Gasteiger partial charge is 0.508 e. The molecule has 4 N–H and O–H groups in total. The second-order valence-corrected chi connectivity index (χ2v) is 6.08. The fourth-order valence-electron chi connectivity index (χ4n) is 2.71. The molecule has 1 aromatic rings. The molecule has 4 nitrogen and oxygen atoms in total. The highest BCUT2D eigenvalue weighted by Gasteiger charge is 2.40. The number of hydrogen-bond donors (Lipinski definition) is 4. The summed E-state index contributed by atoms with van der Waals surface area (Å²) in [6, 6.07) is 4.64. The van der Waals surface area contributed by atoms with Crippen LogP contribution >= 0.6 is 12.2 Å². The van der Waals surface area contributed by atoms with Gasteiger partial charge in [0.25, 0.3) is 0 Å². The van der Waals surface area contributed by atoms with Gasteiger partial charge < -0.3 is 20.8 Å². The standard InChI is InChI=1S/C13H18N2O2S/c1-12(2)7-13(3,15-11(18)14-12)9-5-4-8(16)6-10(9)17/h4-6,16-17H,7H2,1-3H3,(H2,14,15,18)/t13-/m1/s1. The van der Waals surface area contributed by atoms with E-state index < -0.39 is 5.54 Å². The van der Waals surface area contributed by atoms with Crippen LogP contribution in [0.2, 0.25) is 0 Å². The molecule has 0 bridgehead atoms. The van der Waals surface area contributed by atoms with E-state index in [-0.39, 0.29) is 17.0 Å². The fourth-order valence-corrected chi connectivity index (χ4v) is 3.21. The summed E-state index contributed by atoms with van der Waals surface area (Å²) in [6.45, 7) is 6.12. The highest BCUT2D eigenvalue weighted by molar-refractivity contribution is 7.80. The molecule has 1 saturated heterocycles. The Morgan fingerprint density at radius 3 is 2.39 bits per heavy atom. The number of rotatable bonds is 1. The van der Waals surface area contributed by atoms with Crippen molar-refractivity contribution < 1.29 is 10.2 Å². The van der Waals surface area contributed by atoms with Gasteiger partial charge in [-0.15, -0.1) is 0 Å². The number of nitrogens with one attached hydrogen (secondary N) is 2. The van der Waals surface area contributed by atoms with Crippen molar-refractivity contribution in [2.75, 3.05) is 0 Å². The lowest BCUT2D eigenvalue weighted by molar-refractivity contribution is 0.247. The first kappa shape index (κ1) is 13.0. The molecule has 0 radical (unpaired) electrons. The second kappa shape index (κ2) is 4.02. The summed E-state index contributed by atoms with van der Waals surface area (Å²) in [5.41, 5.74) is 0.127. The summed E-state index contributed by atoms with van der Waals surface area (Å²) in [5.74, 6) is 0.126. The summed E-state index contributed by atoms with van der Waals surface area (Å²) in [5, 5.41) is 26.3. The zero-order valence-corrected chi connectivity index (χ0v) is 11.6. The van der Waals surface area contributed by atoms with Crippen LogP contribution in [0.3, 0.4) is 0 Å². The molecule has 18 heavy (non-hydrogen) atoms. The van der Waals surface area contributed by atoms with Crippen molar-refractivity contribution in [2.24, 2.45) is 0 Å². The van der Waals surface area contributed by atoms with Crippen molar-refractivity contribution >= 4 is 17.3 Å². The molecule has 1 atom stereocenters. The SMILES string of the molecule is CC1(C)C[C@](C)(c2ccc(O)cc2O)NC(=S)N1. The third-order valence-corrected chi connectivity index (χ3v) is 3.42. The van der Waals surface area contributed by atoms with Crippen LogP contribution in [0.5, 0.6) is 11.5 Å². The minimum Gasteiger partial charge on any atom is -0.508 e. The maximum atomic E-state index is 10.0. The lowest BCUT2D eigenvalue weighted by Crippen LogP contribution is -2.63. The van der Waals surface area contributed by atoms with Crippen molar-refractivity contribution in [3.63, 3.8) is 0 Å². The molecule has 0 spiro atoms. The Morgan fingerprint density at radius 1 is 1.17 bits per heavy atom. The van der Waals surface area contributed by atoms with Crippen molar-refractivity contribution in [1.82, 2.24) is 10.6 Å². The Morgan fingerprint density at radius 2 is 1.83 bits per heavy atom. The van der Waals surface area contributed by atoms with Crippen LogP contribution in [0, 0.1) is 0 Å². The van der Waals surface area contributed by atoms with Crippen molar-refractivity contribution in [2.45, 2.75) is 38.3 Å². The summed E-state index contributed by atoms with van der Waals surface area (Å²) >= 11 is 5.22. The number of benzene rings is 1.